The van der Waals surface area contributed by atoms with Gasteiger partial charge in [0.05, 0.1) is 20.3 Å². The van der Waals surface area contributed by atoms with Gasteiger partial charge in [-0.1, -0.05) is 12.1 Å². The number of benzene rings is 1. The molecule has 0 unspecified atom stereocenters. The summed E-state index contributed by atoms with van der Waals surface area (Å²) in [5, 5.41) is 9.87. The van der Waals surface area contributed by atoms with Gasteiger partial charge in [-0.2, -0.15) is 0 Å². The van der Waals surface area contributed by atoms with Gasteiger partial charge in [-0.25, -0.2) is 0 Å². The summed E-state index contributed by atoms with van der Waals surface area (Å²) in [5.74, 6) is 1.12. The lowest BCUT2D eigenvalue weighted by molar-refractivity contribution is 0.148. The fraction of sp³-hybridized carbons (Fsp3) is 0.455. The highest BCUT2D eigenvalue weighted by Crippen LogP contribution is 2.35. The molecule has 3 N–H and O–H groups in total. The standard InChI is InChI=1S/C11H17NO3/c1-7(12)10(13)8-5-4-6-9(14-2)11(8)15-3/h4-7,10,13H,12H2,1-3H3/t7-,10-/m1/s1. The monoisotopic (exact) mass is 211 g/mol. The van der Waals surface area contributed by atoms with E-state index in [1.807, 2.05) is 0 Å². The second-order valence-corrected chi connectivity index (χ2v) is 3.39. The number of hydrogen-bond acceptors (Lipinski definition) is 4. The van der Waals surface area contributed by atoms with Crippen molar-refractivity contribution in [1.82, 2.24) is 0 Å². The van der Waals surface area contributed by atoms with Crippen molar-refractivity contribution >= 4 is 0 Å². The number of aliphatic hydroxyl groups excluding tert-OH is 1. The summed E-state index contributed by atoms with van der Waals surface area (Å²) in [6.07, 6.45) is -0.755. The van der Waals surface area contributed by atoms with Crippen LogP contribution in [0.3, 0.4) is 0 Å². The first-order valence-electron chi connectivity index (χ1n) is 4.76. The number of aliphatic hydroxyl groups is 1. The van der Waals surface area contributed by atoms with Crippen molar-refractivity contribution in [2.75, 3.05) is 14.2 Å². The van der Waals surface area contributed by atoms with Gasteiger partial charge in [-0.3, -0.25) is 0 Å². The fourth-order valence-electron chi connectivity index (χ4n) is 1.43. The quantitative estimate of drug-likeness (QED) is 0.782. The summed E-state index contributed by atoms with van der Waals surface area (Å²) in [6.45, 7) is 1.74. The molecule has 0 radical (unpaired) electrons. The second-order valence-electron chi connectivity index (χ2n) is 3.39. The maximum Gasteiger partial charge on any atom is 0.166 e. The summed E-state index contributed by atoms with van der Waals surface area (Å²) in [4.78, 5) is 0. The predicted molar refractivity (Wildman–Crippen MR) is 58.2 cm³/mol. The van der Waals surface area contributed by atoms with Crippen LogP contribution in [-0.4, -0.2) is 25.4 Å². The van der Waals surface area contributed by atoms with Crippen molar-refractivity contribution in [2.24, 2.45) is 5.73 Å². The lowest BCUT2D eigenvalue weighted by Crippen LogP contribution is -2.24. The van der Waals surface area contributed by atoms with Crippen molar-refractivity contribution in [3.8, 4) is 11.5 Å². The zero-order valence-corrected chi connectivity index (χ0v) is 9.23. The van der Waals surface area contributed by atoms with E-state index in [0.29, 0.717) is 17.1 Å². The fourth-order valence-corrected chi connectivity index (χ4v) is 1.43. The molecule has 2 atom stereocenters. The van der Waals surface area contributed by atoms with E-state index in [9.17, 15) is 5.11 Å². The molecule has 15 heavy (non-hydrogen) atoms. The molecule has 0 amide bonds. The topological polar surface area (TPSA) is 64.7 Å². The zero-order chi connectivity index (χ0) is 11.4. The molecule has 0 fully saturated rings. The maximum absolute atomic E-state index is 9.87. The van der Waals surface area contributed by atoms with Crippen LogP contribution in [-0.2, 0) is 0 Å². The normalized spacial score (nSPS) is 14.5. The van der Waals surface area contributed by atoms with Crippen LogP contribution in [0.15, 0.2) is 18.2 Å². The Bertz CT molecular complexity index is 326. The van der Waals surface area contributed by atoms with Crippen molar-refractivity contribution in [3.63, 3.8) is 0 Å². The van der Waals surface area contributed by atoms with Gasteiger partial charge in [0, 0.05) is 11.6 Å². The van der Waals surface area contributed by atoms with Crippen LogP contribution in [0, 0.1) is 0 Å². The molecule has 0 bridgehead atoms. The third-order valence-electron chi connectivity index (χ3n) is 2.25. The highest BCUT2D eigenvalue weighted by atomic mass is 16.5. The van der Waals surface area contributed by atoms with Gasteiger partial charge < -0.3 is 20.3 Å². The molecule has 4 nitrogen and oxygen atoms in total. The molecule has 1 aromatic rings. The zero-order valence-electron chi connectivity index (χ0n) is 9.23. The van der Waals surface area contributed by atoms with E-state index in [1.54, 1.807) is 32.2 Å². The van der Waals surface area contributed by atoms with Crippen LogP contribution in [0.5, 0.6) is 11.5 Å². The molecule has 0 saturated heterocycles. The van der Waals surface area contributed by atoms with Crippen LogP contribution in [0.1, 0.15) is 18.6 Å². The van der Waals surface area contributed by atoms with Gasteiger partial charge >= 0.3 is 0 Å². The Balaban J connectivity index is 3.16. The number of methoxy groups -OCH3 is 2. The van der Waals surface area contributed by atoms with Crippen molar-refractivity contribution < 1.29 is 14.6 Å². The molecule has 0 aliphatic carbocycles. The van der Waals surface area contributed by atoms with E-state index in [1.165, 1.54) is 7.11 Å². The third-order valence-corrected chi connectivity index (χ3v) is 2.25. The van der Waals surface area contributed by atoms with E-state index in [0.717, 1.165) is 0 Å². The van der Waals surface area contributed by atoms with E-state index in [4.69, 9.17) is 15.2 Å². The number of ether oxygens (including phenoxy) is 2. The minimum Gasteiger partial charge on any atom is -0.493 e. The number of hydrogen-bond donors (Lipinski definition) is 2. The Labute approximate surface area is 89.6 Å². The molecule has 0 spiro atoms. The Kier molecular flexibility index (Phi) is 3.94. The highest BCUT2D eigenvalue weighted by Gasteiger charge is 2.19. The van der Waals surface area contributed by atoms with Gasteiger partial charge in [-0.05, 0) is 13.0 Å². The van der Waals surface area contributed by atoms with Crippen molar-refractivity contribution in [2.45, 2.75) is 19.1 Å². The van der Waals surface area contributed by atoms with Gasteiger partial charge in [0.15, 0.2) is 11.5 Å². The van der Waals surface area contributed by atoms with Gasteiger partial charge in [0.2, 0.25) is 0 Å². The van der Waals surface area contributed by atoms with Gasteiger partial charge in [0.1, 0.15) is 0 Å². The van der Waals surface area contributed by atoms with Crippen LogP contribution in [0.25, 0.3) is 0 Å². The lowest BCUT2D eigenvalue weighted by atomic mass is 10.0. The highest BCUT2D eigenvalue weighted by molar-refractivity contribution is 5.47. The number of rotatable bonds is 4. The molecular formula is C11H17NO3. The molecule has 0 aliphatic rings. The Morgan fingerprint density at radius 3 is 2.40 bits per heavy atom. The van der Waals surface area contributed by atoms with E-state index < -0.39 is 6.10 Å². The maximum atomic E-state index is 9.87. The molecule has 0 aromatic heterocycles. The molecule has 1 aromatic carbocycles. The average molecular weight is 211 g/mol. The summed E-state index contributed by atoms with van der Waals surface area (Å²) < 4.78 is 10.3. The molecule has 0 aliphatic heterocycles. The molecule has 84 valence electrons. The first-order valence-corrected chi connectivity index (χ1v) is 4.76. The summed E-state index contributed by atoms with van der Waals surface area (Å²) in [5.41, 5.74) is 6.28. The predicted octanol–water partition coefficient (Wildman–Crippen LogP) is 1.08. The van der Waals surface area contributed by atoms with Crippen LogP contribution < -0.4 is 15.2 Å². The first kappa shape index (κ1) is 11.8. The van der Waals surface area contributed by atoms with Gasteiger partial charge in [-0.15, -0.1) is 0 Å². The van der Waals surface area contributed by atoms with E-state index in [-0.39, 0.29) is 6.04 Å². The van der Waals surface area contributed by atoms with Crippen LogP contribution in [0.4, 0.5) is 0 Å². The number of para-hydroxylation sites is 1. The minimum atomic E-state index is -0.755. The summed E-state index contributed by atoms with van der Waals surface area (Å²) in [6, 6.07) is 4.99. The molecule has 1 rings (SSSR count). The Morgan fingerprint density at radius 2 is 1.93 bits per heavy atom. The molecule has 4 heteroatoms. The number of nitrogens with two attached hydrogens (primary N) is 1. The summed E-state index contributed by atoms with van der Waals surface area (Å²) in [7, 11) is 3.09. The third kappa shape index (κ3) is 2.40. The largest absolute Gasteiger partial charge is 0.493 e. The van der Waals surface area contributed by atoms with E-state index in [2.05, 4.69) is 0 Å². The van der Waals surface area contributed by atoms with E-state index >= 15 is 0 Å². The Morgan fingerprint density at radius 1 is 1.27 bits per heavy atom. The second kappa shape index (κ2) is 5.00. The molecule has 0 heterocycles. The van der Waals surface area contributed by atoms with Gasteiger partial charge in [0.25, 0.3) is 0 Å². The van der Waals surface area contributed by atoms with Crippen LogP contribution in [0.2, 0.25) is 0 Å². The minimum absolute atomic E-state index is 0.356. The molecule has 0 saturated carbocycles. The Hall–Kier alpha value is -1.26. The smallest absolute Gasteiger partial charge is 0.166 e. The lowest BCUT2D eigenvalue weighted by Gasteiger charge is -2.19. The SMILES string of the molecule is COc1cccc([C@H](O)[C@@H](C)N)c1OC. The summed E-state index contributed by atoms with van der Waals surface area (Å²) >= 11 is 0. The molecular weight excluding hydrogens is 194 g/mol. The average Bonchev–Trinajstić information content (AvgIpc) is 2.26. The first-order chi connectivity index (χ1) is 7.11. The van der Waals surface area contributed by atoms with Crippen molar-refractivity contribution in [3.05, 3.63) is 23.8 Å². The van der Waals surface area contributed by atoms with Crippen molar-refractivity contribution in [1.29, 1.82) is 0 Å². The van der Waals surface area contributed by atoms with Crippen LogP contribution >= 0.6 is 0 Å².